The molecule has 4 fully saturated rings. The van der Waals surface area contributed by atoms with Crippen molar-refractivity contribution in [2.45, 2.75) is 62.3 Å². The maximum atomic E-state index is 16.8. The van der Waals surface area contributed by atoms with Gasteiger partial charge in [-0.3, -0.25) is 9.88 Å². The summed E-state index contributed by atoms with van der Waals surface area (Å²) in [5, 5.41) is 6.23. The zero-order chi connectivity index (χ0) is 28.7. The summed E-state index contributed by atoms with van der Waals surface area (Å²) in [6.07, 6.45) is 6.22. The first-order valence-electron chi connectivity index (χ1n) is 15.6. The van der Waals surface area contributed by atoms with Gasteiger partial charge < -0.3 is 19.7 Å². The Labute approximate surface area is 248 Å². The minimum atomic E-state index is -0.855. The third kappa shape index (κ3) is 4.09. The van der Waals surface area contributed by atoms with Gasteiger partial charge in [-0.2, -0.15) is 9.97 Å². The number of benzene rings is 2. The molecule has 43 heavy (non-hydrogen) atoms. The van der Waals surface area contributed by atoms with Crippen molar-refractivity contribution in [2.24, 2.45) is 0 Å². The highest BCUT2D eigenvalue weighted by Gasteiger charge is 2.49. The van der Waals surface area contributed by atoms with E-state index in [4.69, 9.17) is 19.4 Å². The van der Waals surface area contributed by atoms with Crippen molar-refractivity contribution in [1.82, 2.24) is 25.2 Å². The third-order valence-electron chi connectivity index (χ3n) is 10.4. The number of nitrogens with zero attached hydrogens (tertiary/aromatic N) is 5. The SMILES string of the molecule is Fc1c(-c2cccc3ccc4c(c23)CCO4)ncc2c(N3C[C@H]4CC[C@@H](C3)N4)nc(OC[C@@]34CCCN3C[C@H](F)C4)nc12. The molecular weight excluding hydrogens is 550 g/mol. The van der Waals surface area contributed by atoms with Gasteiger partial charge in [0, 0.05) is 61.9 Å². The molecule has 10 heteroatoms. The number of pyridine rings is 1. The molecule has 5 aliphatic rings. The van der Waals surface area contributed by atoms with Crippen LogP contribution in [0.1, 0.15) is 37.7 Å². The molecule has 0 aliphatic carbocycles. The maximum Gasteiger partial charge on any atom is 0.319 e. The molecule has 0 spiro atoms. The highest BCUT2D eigenvalue weighted by atomic mass is 19.1. The van der Waals surface area contributed by atoms with E-state index in [0.29, 0.717) is 49.5 Å². The van der Waals surface area contributed by atoms with E-state index in [-0.39, 0.29) is 22.8 Å². The molecule has 2 aromatic carbocycles. The van der Waals surface area contributed by atoms with Crippen molar-refractivity contribution in [3.8, 4) is 23.0 Å². The van der Waals surface area contributed by atoms with E-state index in [2.05, 4.69) is 20.1 Å². The van der Waals surface area contributed by atoms with Crippen LogP contribution in [0.25, 0.3) is 32.9 Å². The molecule has 2 aromatic heterocycles. The molecule has 4 aromatic rings. The Balaban J connectivity index is 1.17. The molecule has 4 atom stereocenters. The first-order valence-corrected chi connectivity index (χ1v) is 15.6. The highest BCUT2D eigenvalue weighted by Crippen LogP contribution is 2.42. The molecule has 7 heterocycles. The summed E-state index contributed by atoms with van der Waals surface area (Å²) in [6, 6.07) is 10.8. The van der Waals surface area contributed by atoms with Crippen molar-refractivity contribution in [3.05, 3.63) is 47.9 Å². The summed E-state index contributed by atoms with van der Waals surface area (Å²) in [5.74, 6) is 1.01. The number of halogens is 2. The van der Waals surface area contributed by atoms with Crippen molar-refractivity contribution >= 4 is 27.5 Å². The van der Waals surface area contributed by atoms with Crippen LogP contribution in [0.2, 0.25) is 0 Å². The zero-order valence-electron chi connectivity index (χ0n) is 24.0. The van der Waals surface area contributed by atoms with E-state index < -0.39 is 12.0 Å². The first kappa shape index (κ1) is 25.8. The van der Waals surface area contributed by atoms with Crippen molar-refractivity contribution in [2.75, 3.05) is 44.3 Å². The Kier molecular flexibility index (Phi) is 5.82. The number of piperazine rings is 1. The molecule has 2 bridgehead atoms. The molecule has 4 saturated heterocycles. The van der Waals surface area contributed by atoms with Gasteiger partial charge in [-0.05, 0) is 49.1 Å². The van der Waals surface area contributed by atoms with Crippen LogP contribution in [0.15, 0.2) is 36.5 Å². The van der Waals surface area contributed by atoms with Crippen molar-refractivity contribution in [1.29, 1.82) is 0 Å². The van der Waals surface area contributed by atoms with Crippen molar-refractivity contribution in [3.63, 3.8) is 0 Å². The molecule has 1 N–H and O–H groups in total. The molecule has 0 amide bonds. The summed E-state index contributed by atoms with van der Waals surface area (Å²) in [7, 11) is 0. The van der Waals surface area contributed by atoms with Gasteiger partial charge >= 0.3 is 6.01 Å². The number of hydrogen-bond acceptors (Lipinski definition) is 8. The van der Waals surface area contributed by atoms with Crippen molar-refractivity contribution < 1.29 is 18.3 Å². The van der Waals surface area contributed by atoms with Crippen LogP contribution in [-0.4, -0.2) is 83.0 Å². The quantitative estimate of drug-likeness (QED) is 0.358. The Morgan fingerprint density at radius 1 is 1.09 bits per heavy atom. The van der Waals surface area contributed by atoms with Crippen LogP contribution in [0.3, 0.4) is 0 Å². The number of ether oxygens (including phenoxy) is 2. The first-order chi connectivity index (χ1) is 21.0. The van der Waals surface area contributed by atoms with E-state index >= 15 is 4.39 Å². The average molecular weight is 585 g/mol. The number of anilines is 1. The molecular formula is C33H34F2N6O2. The Morgan fingerprint density at radius 3 is 2.86 bits per heavy atom. The van der Waals surface area contributed by atoms with Gasteiger partial charge in [0.15, 0.2) is 5.82 Å². The predicted octanol–water partition coefficient (Wildman–Crippen LogP) is 4.81. The number of fused-ring (bicyclic) bond motifs is 7. The van der Waals surface area contributed by atoms with E-state index in [1.165, 1.54) is 0 Å². The fraction of sp³-hybridized carbons (Fsp3) is 0.485. The van der Waals surface area contributed by atoms with Crippen LogP contribution in [-0.2, 0) is 6.42 Å². The largest absolute Gasteiger partial charge is 0.493 e. The van der Waals surface area contributed by atoms with E-state index in [1.54, 1.807) is 6.20 Å². The summed E-state index contributed by atoms with van der Waals surface area (Å²) in [4.78, 5) is 18.7. The number of alkyl halides is 1. The lowest BCUT2D eigenvalue weighted by atomic mass is 9.95. The maximum absolute atomic E-state index is 16.8. The monoisotopic (exact) mass is 584 g/mol. The standard InChI is InChI=1S/C33H34F2N6O2/c34-20-13-33(10-2-11-41(33)15-20)18-43-32-38-30-25(31(39-32)40-16-21-6-7-22(17-40)37-21)14-36-29(28(30)35)24-4-1-3-19-5-8-26-23(27(19)24)9-12-42-26/h1,3-5,8,14,20-22,37H,2,6-7,9-13,15-18H2/t20-,21-,22+,33+/m1/s1. The molecule has 0 radical (unpaired) electrons. The molecule has 0 unspecified atom stereocenters. The Morgan fingerprint density at radius 2 is 1.98 bits per heavy atom. The van der Waals surface area contributed by atoms with Crippen LogP contribution in [0, 0.1) is 5.82 Å². The van der Waals surface area contributed by atoms with Crippen LogP contribution >= 0.6 is 0 Å². The lowest BCUT2D eigenvalue weighted by Gasteiger charge is -2.34. The lowest BCUT2D eigenvalue weighted by molar-refractivity contribution is 0.107. The van der Waals surface area contributed by atoms with Gasteiger partial charge in [-0.25, -0.2) is 8.78 Å². The number of aromatic nitrogens is 3. The normalized spacial score (nSPS) is 28.0. The molecule has 9 rings (SSSR count). The second-order valence-electron chi connectivity index (χ2n) is 13.0. The average Bonchev–Trinajstić information content (AvgIpc) is 3.79. The lowest BCUT2D eigenvalue weighted by Crippen LogP contribution is -2.51. The fourth-order valence-electron chi connectivity index (χ4n) is 8.41. The third-order valence-corrected chi connectivity index (χ3v) is 10.4. The summed E-state index contributed by atoms with van der Waals surface area (Å²) >= 11 is 0. The summed E-state index contributed by atoms with van der Waals surface area (Å²) < 4.78 is 43.4. The molecule has 5 aliphatic heterocycles. The second kappa shape index (κ2) is 9.69. The fourth-order valence-corrected chi connectivity index (χ4v) is 8.41. The van der Waals surface area contributed by atoms with Crippen LogP contribution < -0.4 is 19.7 Å². The van der Waals surface area contributed by atoms with E-state index in [9.17, 15) is 4.39 Å². The van der Waals surface area contributed by atoms with E-state index in [0.717, 1.165) is 79.4 Å². The number of rotatable bonds is 5. The minimum absolute atomic E-state index is 0.139. The summed E-state index contributed by atoms with van der Waals surface area (Å²) in [5.41, 5.74) is 1.92. The zero-order valence-corrected chi connectivity index (χ0v) is 24.0. The minimum Gasteiger partial charge on any atom is -0.493 e. The van der Waals surface area contributed by atoms with Crippen LogP contribution in [0.5, 0.6) is 11.8 Å². The summed E-state index contributed by atoms with van der Waals surface area (Å²) in [6.45, 7) is 3.79. The second-order valence-corrected chi connectivity index (χ2v) is 13.0. The Hall–Kier alpha value is -3.63. The van der Waals surface area contributed by atoms with Gasteiger partial charge in [0.2, 0.25) is 0 Å². The molecule has 0 saturated carbocycles. The van der Waals surface area contributed by atoms with E-state index in [1.807, 2.05) is 30.3 Å². The molecule has 8 nitrogen and oxygen atoms in total. The highest BCUT2D eigenvalue weighted by molar-refractivity contribution is 6.02. The number of hydrogen-bond donors (Lipinski definition) is 1. The van der Waals surface area contributed by atoms with Gasteiger partial charge in [0.1, 0.15) is 35.6 Å². The van der Waals surface area contributed by atoms with Gasteiger partial charge in [0.25, 0.3) is 0 Å². The predicted molar refractivity (Wildman–Crippen MR) is 160 cm³/mol. The van der Waals surface area contributed by atoms with Crippen LogP contribution in [0.4, 0.5) is 14.6 Å². The Bertz CT molecular complexity index is 1760. The van der Waals surface area contributed by atoms with Gasteiger partial charge in [-0.15, -0.1) is 0 Å². The molecule has 222 valence electrons. The van der Waals surface area contributed by atoms with Gasteiger partial charge in [-0.1, -0.05) is 24.3 Å². The van der Waals surface area contributed by atoms with Gasteiger partial charge in [0.05, 0.1) is 17.5 Å². The topological polar surface area (TPSA) is 75.6 Å². The number of nitrogens with one attached hydrogen (secondary N) is 1. The smallest absolute Gasteiger partial charge is 0.319 e.